The Labute approximate surface area is 183 Å². The lowest BCUT2D eigenvalue weighted by atomic mass is 10.0. The molecule has 166 valence electrons. The van der Waals surface area contributed by atoms with Gasteiger partial charge in [0.15, 0.2) is 0 Å². The van der Waals surface area contributed by atoms with E-state index >= 15 is 0 Å². The van der Waals surface area contributed by atoms with E-state index in [-0.39, 0.29) is 22.6 Å². The van der Waals surface area contributed by atoms with Crippen molar-refractivity contribution >= 4 is 23.5 Å². The summed E-state index contributed by atoms with van der Waals surface area (Å²) in [6.45, 7) is 5.65. The summed E-state index contributed by atoms with van der Waals surface area (Å²) >= 11 is 5.67. The fourth-order valence-corrected chi connectivity index (χ4v) is 3.17. The van der Waals surface area contributed by atoms with E-state index in [0.29, 0.717) is 12.0 Å². The minimum atomic E-state index is -0.715. The number of carbonyl (C=O) groups is 1. The molecule has 6 nitrogen and oxygen atoms in total. The predicted molar refractivity (Wildman–Crippen MR) is 113 cm³/mol. The standard InChI is InChI=1S/C21H23ClF3N5O/c1-21(2,3)28-20(27-19(31)11-4-5-15(22)16(25)8-11)26-18-10-17(29-30-18)12-6-13(23)9-14(24)7-12/h4-9,17-18,29-30H,10H2,1-3H3,(H2,26,27,28,31). The van der Waals surface area contributed by atoms with Gasteiger partial charge in [-0.25, -0.2) is 24.0 Å². The minimum Gasteiger partial charge on any atom is -0.351 e. The van der Waals surface area contributed by atoms with Gasteiger partial charge in [-0.15, -0.1) is 0 Å². The van der Waals surface area contributed by atoms with Crippen LogP contribution in [0.4, 0.5) is 13.2 Å². The van der Waals surface area contributed by atoms with Crippen molar-refractivity contribution in [3.05, 3.63) is 70.0 Å². The Morgan fingerprint density at radius 1 is 1.10 bits per heavy atom. The molecular weight excluding hydrogens is 431 g/mol. The van der Waals surface area contributed by atoms with Crippen LogP contribution in [-0.4, -0.2) is 23.6 Å². The number of aliphatic imine (C=N–C) groups is 1. The first kappa shape index (κ1) is 23.1. The van der Waals surface area contributed by atoms with Crippen molar-refractivity contribution in [2.45, 2.75) is 44.9 Å². The van der Waals surface area contributed by atoms with E-state index in [2.05, 4.69) is 26.5 Å². The van der Waals surface area contributed by atoms with Crippen molar-refractivity contribution in [2.24, 2.45) is 4.99 Å². The molecule has 1 saturated heterocycles. The maximum absolute atomic E-state index is 13.7. The van der Waals surface area contributed by atoms with Gasteiger partial charge in [-0.2, -0.15) is 4.99 Å². The number of nitrogens with zero attached hydrogens (tertiary/aromatic N) is 1. The molecule has 2 unspecified atom stereocenters. The van der Waals surface area contributed by atoms with Crippen LogP contribution in [0.25, 0.3) is 0 Å². The zero-order chi connectivity index (χ0) is 22.8. The summed E-state index contributed by atoms with van der Waals surface area (Å²) in [5.41, 5.74) is 6.00. The van der Waals surface area contributed by atoms with Gasteiger partial charge in [0, 0.05) is 29.6 Å². The van der Waals surface area contributed by atoms with E-state index in [0.717, 1.165) is 12.1 Å². The fraction of sp³-hybridized carbons (Fsp3) is 0.333. The largest absolute Gasteiger partial charge is 0.351 e. The molecule has 0 saturated carbocycles. The van der Waals surface area contributed by atoms with E-state index in [1.54, 1.807) is 0 Å². The molecule has 2 aromatic rings. The van der Waals surface area contributed by atoms with Gasteiger partial charge in [0.2, 0.25) is 5.96 Å². The Balaban J connectivity index is 1.76. The highest BCUT2D eigenvalue weighted by Crippen LogP contribution is 2.23. The van der Waals surface area contributed by atoms with E-state index in [4.69, 9.17) is 11.6 Å². The summed E-state index contributed by atoms with van der Waals surface area (Å²) in [4.78, 5) is 16.6. The van der Waals surface area contributed by atoms with Gasteiger partial charge in [0.05, 0.1) is 11.2 Å². The molecule has 2 aromatic carbocycles. The maximum Gasteiger partial charge on any atom is 0.280 e. The second kappa shape index (κ2) is 9.25. The molecule has 0 aliphatic carbocycles. The van der Waals surface area contributed by atoms with Crippen molar-refractivity contribution in [2.75, 3.05) is 0 Å². The van der Waals surface area contributed by atoms with Crippen molar-refractivity contribution in [3.63, 3.8) is 0 Å². The van der Waals surface area contributed by atoms with Crippen LogP contribution in [0.1, 0.15) is 49.2 Å². The second-order valence-corrected chi connectivity index (χ2v) is 8.65. The van der Waals surface area contributed by atoms with Crippen molar-refractivity contribution in [1.82, 2.24) is 21.5 Å². The topological polar surface area (TPSA) is 77.5 Å². The summed E-state index contributed by atoms with van der Waals surface area (Å²) in [6, 6.07) is 6.65. The summed E-state index contributed by atoms with van der Waals surface area (Å²) < 4.78 is 40.8. The Kier molecular flexibility index (Phi) is 6.88. The summed E-state index contributed by atoms with van der Waals surface area (Å²) in [7, 11) is 0. The van der Waals surface area contributed by atoms with E-state index < -0.39 is 35.1 Å². The Bertz CT molecular complexity index is 989. The number of amides is 1. The molecule has 0 radical (unpaired) electrons. The number of carbonyl (C=O) groups excluding carboxylic acids is 1. The van der Waals surface area contributed by atoms with Gasteiger partial charge in [0.25, 0.3) is 5.91 Å². The highest BCUT2D eigenvalue weighted by molar-refractivity contribution is 6.30. The van der Waals surface area contributed by atoms with Gasteiger partial charge in [-0.1, -0.05) is 11.6 Å². The molecule has 0 aromatic heterocycles. The average molecular weight is 454 g/mol. The second-order valence-electron chi connectivity index (χ2n) is 8.25. The van der Waals surface area contributed by atoms with Gasteiger partial charge < -0.3 is 10.6 Å². The third kappa shape index (κ3) is 6.43. The first-order valence-electron chi connectivity index (χ1n) is 9.60. The predicted octanol–water partition coefficient (Wildman–Crippen LogP) is 3.80. The molecule has 31 heavy (non-hydrogen) atoms. The van der Waals surface area contributed by atoms with Crippen LogP contribution < -0.4 is 21.5 Å². The zero-order valence-corrected chi connectivity index (χ0v) is 17.9. The molecule has 1 fully saturated rings. The van der Waals surface area contributed by atoms with Crippen LogP contribution >= 0.6 is 11.6 Å². The monoisotopic (exact) mass is 453 g/mol. The molecule has 3 rings (SSSR count). The molecule has 2 atom stereocenters. The SMILES string of the molecule is CC(C)(C)N/C(=N/C(=O)c1ccc(Cl)c(F)c1)NC1CC(c2cc(F)cc(F)c2)NN1. The average Bonchev–Trinajstić information content (AvgIpc) is 3.10. The summed E-state index contributed by atoms with van der Waals surface area (Å²) in [5.74, 6) is -2.54. The number of halogens is 4. The summed E-state index contributed by atoms with van der Waals surface area (Å²) in [6.07, 6.45) is 0.0111. The van der Waals surface area contributed by atoms with Gasteiger partial charge in [0.1, 0.15) is 17.5 Å². The molecule has 0 bridgehead atoms. The third-order valence-electron chi connectivity index (χ3n) is 4.37. The molecule has 4 N–H and O–H groups in total. The van der Waals surface area contributed by atoms with Gasteiger partial charge >= 0.3 is 0 Å². The first-order chi connectivity index (χ1) is 14.5. The van der Waals surface area contributed by atoms with Crippen LogP contribution in [0.3, 0.4) is 0 Å². The van der Waals surface area contributed by atoms with Crippen LogP contribution in [0.5, 0.6) is 0 Å². The first-order valence-corrected chi connectivity index (χ1v) is 9.98. The van der Waals surface area contributed by atoms with Crippen molar-refractivity contribution in [3.8, 4) is 0 Å². The quantitative estimate of drug-likeness (QED) is 0.420. The number of benzene rings is 2. The number of rotatable bonds is 3. The van der Waals surface area contributed by atoms with Crippen molar-refractivity contribution < 1.29 is 18.0 Å². The number of hydrogen-bond donors (Lipinski definition) is 4. The van der Waals surface area contributed by atoms with E-state index in [1.165, 1.54) is 24.3 Å². The van der Waals surface area contributed by atoms with Crippen LogP contribution in [0.2, 0.25) is 5.02 Å². The highest BCUT2D eigenvalue weighted by Gasteiger charge is 2.27. The number of hydrogen-bond acceptors (Lipinski definition) is 3. The molecule has 1 aliphatic rings. The van der Waals surface area contributed by atoms with Gasteiger partial charge in [-0.3, -0.25) is 4.79 Å². The maximum atomic E-state index is 13.7. The van der Waals surface area contributed by atoms with Crippen molar-refractivity contribution in [1.29, 1.82) is 0 Å². The van der Waals surface area contributed by atoms with Crippen LogP contribution in [0, 0.1) is 17.5 Å². The van der Waals surface area contributed by atoms with Gasteiger partial charge in [-0.05, 0) is 56.7 Å². The van der Waals surface area contributed by atoms with Crippen LogP contribution in [-0.2, 0) is 0 Å². The Morgan fingerprint density at radius 2 is 1.77 bits per heavy atom. The molecular formula is C21H23ClF3N5O. The Hall–Kier alpha value is -2.62. The molecule has 10 heteroatoms. The molecule has 1 amide bonds. The lowest BCUT2D eigenvalue weighted by Gasteiger charge is -2.25. The summed E-state index contributed by atoms with van der Waals surface area (Å²) in [5, 5.41) is 6.07. The molecule has 1 heterocycles. The lowest BCUT2D eigenvalue weighted by Crippen LogP contribution is -2.54. The smallest absolute Gasteiger partial charge is 0.280 e. The number of hydrazine groups is 1. The Morgan fingerprint density at radius 3 is 2.39 bits per heavy atom. The van der Waals surface area contributed by atoms with Crippen LogP contribution in [0.15, 0.2) is 41.4 Å². The van der Waals surface area contributed by atoms with E-state index in [9.17, 15) is 18.0 Å². The number of guanidine groups is 1. The third-order valence-corrected chi connectivity index (χ3v) is 4.68. The minimum absolute atomic E-state index is 0.0440. The molecule has 1 aliphatic heterocycles. The highest BCUT2D eigenvalue weighted by atomic mass is 35.5. The number of nitrogens with one attached hydrogen (secondary N) is 4. The molecule has 0 spiro atoms. The lowest BCUT2D eigenvalue weighted by molar-refractivity contribution is 0.100. The van der Waals surface area contributed by atoms with E-state index in [1.807, 2.05) is 20.8 Å². The normalized spacial score (nSPS) is 19.4. The fourth-order valence-electron chi connectivity index (χ4n) is 3.06. The zero-order valence-electron chi connectivity index (χ0n) is 17.2.